The molecule has 2 aromatic carbocycles. The van der Waals surface area contributed by atoms with Crippen molar-refractivity contribution in [3.05, 3.63) is 80.8 Å². The molecule has 0 aliphatic carbocycles. The summed E-state index contributed by atoms with van der Waals surface area (Å²) in [4.78, 5) is 4.05. The molecule has 0 bridgehead atoms. The predicted molar refractivity (Wildman–Crippen MR) is 115 cm³/mol. The molecule has 1 heterocycles. The Morgan fingerprint density at radius 1 is 1.07 bits per heavy atom. The molecule has 1 atom stereocenters. The summed E-state index contributed by atoms with van der Waals surface area (Å²) >= 11 is 29.8. The summed E-state index contributed by atoms with van der Waals surface area (Å²) in [6.07, 6.45) is 4.74. The Morgan fingerprint density at radius 2 is 1.78 bits per heavy atom. The van der Waals surface area contributed by atoms with Crippen molar-refractivity contribution < 1.29 is 4.74 Å². The maximum atomic E-state index is 6.36. The third-order valence-electron chi connectivity index (χ3n) is 3.66. The lowest BCUT2D eigenvalue weighted by atomic mass is 10.1. The second-order valence-corrected chi connectivity index (χ2v) is 7.63. The standard InChI is InChI=1S/C18H13Cl4N3OS/c19-11-1-3-13(14(21)7-11)17(9-25-6-5-23-10-25)26-18(27)24-16-4-2-12(20)8-15(16)22/h1-8,10,17H,9H2,(H,24,27)/t17-/m1/s1. The molecule has 3 rings (SSSR count). The van der Waals surface area contributed by atoms with Crippen LogP contribution >= 0.6 is 58.6 Å². The van der Waals surface area contributed by atoms with Crippen LogP contribution in [0.15, 0.2) is 55.1 Å². The monoisotopic (exact) mass is 459 g/mol. The number of anilines is 1. The van der Waals surface area contributed by atoms with Crippen molar-refractivity contribution in [1.29, 1.82) is 0 Å². The first-order valence-electron chi connectivity index (χ1n) is 7.76. The van der Waals surface area contributed by atoms with Crippen LogP contribution in [-0.2, 0) is 11.3 Å². The minimum atomic E-state index is -0.463. The number of aromatic nitrogens is 2. The van der Waals surface area contributed by atoms with Gasteiger partial charge in [0.15, 0.2) is 0 Å². The van der Waals surface area contributed by atoms with Gasteiger partial charge >= 0.3 is 0 Å². The van der Waals surface area contributed by atoms with Crippen LogP contribution in [0.1, 0.15) is 11.7 Å². The van der Waals surface area contributed by atoms with Gasteiger partial charge in [0.1, 0.15) is 6.10 Å². The van der Waals surface area contributed by atoms with Crippen molar-refractivity contribution >= 4 is 69.5 Å². The number of halogens is 4. The van der Waals surface area contributed by atoms with E-state index >= 15 is 0 Å². The Labute approximate surface area is 182 Å². The topological polar surface area (TPSA) is 39.1 Å². The van der Waals surface area contributed by atoms with Crippen molar-refractivity contribution in [3.63, 3.8) is 0 Å². The van der Waals surface area contributed by atoms with E-state index in [1.807, 2.05) is 16.8 Å². The van der Waals surface area contributed by atoms with Crippen LogP contribution in [0.3, 0.4) is 0 Å². The van der Waals surface area contributed by atoms with Crippen molar-refractivity contribution in [3.8, 4) is 0 Å². The summed E-state index contributed by atoms with van der Waals surface area (Å²) < 4.78 is 7.84. The van der Waals surface area contributed by atoms with Gasteiger partial charge in [-0.3, -0.25) is 0 Å². The van der Waals surface area contributed by atoms with Crippen molar-refractivity contribution in [2.24, 2.45) is 0 Å². The number of imidazole rings is 1. The van der Waals surface area contributed by atoms with Gasteiger partial charge in [0.25, 0.3) is 5.17 Å². The van der Waals surface area contributed by atoms with Crippen molar-refractivity contribution in [1.82, 2.24) is 9.55 Å². The fraction of sp³-hybridized carbons (Fsp3) is 0.111. The molecule has 1 aromatic heterocycles. The van der Waals surface area contributed by atoms with Crippen molar-refractivity contribution in [2.45, 2.75) is 12.6 Å². The Morgan fingerprint density at radius 3 is 2.41 bits per heavy atom. The molecule has 0 saturated heterocycles. The molecule has 3 aromatic rings. The van der Waals surface area contributed by atoms with Crippen LogP contribution in [0.25, 0.3) is 0 Å². The van der Waals surface area contributed by atoms with E-state index in [-0.39, 0.29) is 5.17 Å². The number of nitrogens with zero attached hydrogens (tertiary/aromatic N) is 2. The Balaban J connectivity index is 1.81. The lowest BCUT2D eigenvalue weighted by Crippen LogP contribution is -2.21. The highest BCUT2D eigenvalue weighted by Gasteiger charge is 2.19. The van der Waals surface area contributed by atoms with Gasteiger partial charge in [-0.2, -0.15) is 0 Å². The second-order valence-electron chi connectivity index (χ2n) is 5.57. The lowest BCUT2D eigenvalue weighted by molar-refractivity contribution is 0.175. The van der Waals surface area contributed by atoms with Crippen LogP contribution in [0.2, 0.25) is 20.1 Å². The first-order chi connectivity index (χ1) is 12.9. The second kappa shape index (κ2) is 9.13. The molecule has 0 amide bonds. The summed E-state index contributed by atoms with van der Waals surface area (Å²) in [7, 11) is 0. The largest absolute Gasteiger partial charge is 0.461 e. The van der Waals surface area contributed by atoms with Gasteiger partial charge in [-0.1, -0.05) is 52.5 Å². The molecule has 0 unspecified atom stereocenters. The Bertz CT molecular complexity index is 950. The van der Waals surface area contributed by atoms with E-state index in [0.717, 1.165) is 5.56 Å². The van der Waals surface area contributed by atoms with Crippen LogP contribution in [0, 0.1) is 0 Å². The maximum Gasteiger partial charge on any atom is 0.261 e. The number of benzene rings is 2. The summed E-state index contributed by atoms with van der Waals surface area (Å²) in [6, 6.07) is 10.3. The number of thiocarbonyl (C=S) groups is 1. The molecule has 0 aliphatic rings. The Hall–Kier alpha value is -1.50. The summed E-state index contributed by atoms with van der Waals surface area (Å²) in [5.41, 5.74) is 1.34. The third kappa shape index (κ3) is 5.50. The number of hydrogen-bond acceptors (Lipinski definition) is 3. The van der Waals surface area contributed by atoms with Crippen LogP contribution in [0.5, 0.6) is 0 Å². The van der Waals surface area contributed by atoms with Gasteiger partial charge in [-0.15, -0.1) is 0 Å². The predicted octanol–water partition coefficient (Wildman–Crippen LogP) is 6.65. The highest BCUT2D eigenvalue weighted by Crippen LogP contribution is 2.31. The highest BCUT2D eigenvalue weighted by atomic mass is 35.5. The van der Waals surface area contributed by atoms with E-state index in [9.17, 15) is 0 Å². The summed E-state index contributed by atoms with van der Waals surface area (Å²) in [5, 5.41) is 5.11. The number of rotatable bonds is 5. The summed E-state index contributed by atoms with van der Waals surface area (Å²) in [5.74, 6) is 0. The smallest absolute Gasteiger partial charge is 0.261 e. The minimum absolute atomic E-state index is 0.148. The highest BCUT2D eigenvalue weighted by molar-refractivity contribution is 7.80. The average Bonchev–Trinajstić information content (AvgIpc) is 3.10. The molecule has 4 nitrogen and oxygen atoms in total. The molecular formula is C18H13Cl4N3OS. The zero-order chi connectivity index (χ0) is 19.4. The van der Waals surface area contributed by atoms with Gasteiger partial charge in [-0.25, -0.2) is 4.98 Å². The number of nitrogens with one attached hydrogen (secondary N) is 1. The van der Waals surface area contributed by atoms with Crippen LogP contribution in [-0.4, -0.2) is 14.7 Å². The van der Waals surface area contributed by atoms with Gasteiger partial charge in [0.05, 0.1) is 23.6 Å². The molecule has 140 valence electrons. The summed E-state index contributed by atoms with van der Waals surface area (Å²) in [6.45, 7) is 0.456. The molecular weight excluding hydrogens is 448 g/mol. The van der Waals surface area contributed by atoms with Gasteiger partial charge in [-0.05, 0) is 42.5 Å². The van der Waals surface area contributed by atoms with Gasteiger partial charge in [0.2, 0.25) is 0 Å². The van der Waals surface area contributed by atoms with E-state index in [4.69, 9.17) is 63.4 Å². The molecule has 0 radical (unpaired) electrons. The quantitative estimate of drug-likeness (QED) is 0.432. The first-order valence-corrected chi connectivity index (χ1v) is 9.68. The maximum absolute atomic E-state index is 6.36. The Kier molecular flexibility index (Phi) is 6.84. The lowest BCUT2D eigenvalue weighted by Gasteiger charge is -2.22. The van der Waals surface area contributed by atoms with Crippen LogP contribution in [0.4, 0.5) is 5.69 Å². The van der Waals surface area contributed by atoms with E-state index in [1.54, 1.807) is 42.9 Å². The third-order valence-corrected chi connectivity index (χ3v) is 4.97. The zero-order valence-corrected chi connectivity index (χ0v) is 17.5. The molecule has 27 heavy (non-hydrogen) atoms. The fourth-order valence-corrected chi connectivity index (χ4v) is 3.62. The number of ether oxygens (including phenoxy) is 1. The van der Waals surface area contributed by atoms with Gasteiger partial charge < -0.3 is 14.6 Å². The molecule has 0 spiro atoms. The first kappa shape index (κ1) is 20.2. The average molecular weight is 461 g/mol. The van der Waals surface area contributed by atoms with E-state index in [1.165, 1.54) is 0 Å². The molecule has 0 aliphatic heterocycles. The van der Waals surface area contributed by atoms with E-state index in [0.29, 0.717) is 32.3 Å². The normalized spacial score (nSPS) is 11.9. The minimum Gasteiger partial charge on any atom is -0.461 e. The number of hydrogen-bond donors (Lipinski definition) is 1. The van der Waals surface area contributed by atoms with Crippen LogP contribution < -0.4 is 5.32 Å². The molecule has 1 N–H and O–H groups in total. The SMILES string of the molecule is S=C(Nc1ccc(Cl)cc1Cl)O[C@H](Cn1ccnc1)c1ccc(Cl)cc1Cl. The molecule has 9 heteroatoms. The molecule has 0 fully saturated rings. The zero-order valence-electron chi connectivity index (χ0n) is 13.7. The molecule has 0 saturated carbocycles. The van der Waals surface area contributed by atoms with Crippen molar-refractivity contribution in [2.75, 3.05) is 5.32 Å². The van der Waals surface area contributed by atoms with E-state index in [2.05, 4.69) is 10.3 Å². The van der Waals surface area contributed by atoms with Gasteiger partial charge in [0, 0.05) is 33.0 Å². The fourth-order valence-electron chi connectivity index (χ4n) is 2.41. The van der Waals surface area contributed by atoms with E-state index < -0.39 is 6.10 Å².